The molecule has 2 nitrogen and oxygen atoms in total. The lowest BCUT2D eigenvalue weighted by Crippen LogP contribution is -2.35. The highest BCUT2D eigenvalue weighted by atomic mass is 15.1. The van der Waals surface area contributed by atoms with Crippen LogP contribution in [0.3, 0.4) is 0 Å². The van der Waals surface area contributed by atoms with E-state index >= 15 is 0 Å². The summed E-state index contributed by atoms with van der Waals surface area (Å²) in [5.74, 6) is 0. The minimum absolute atomic E-state index is 0.101. The molecule has 2 unspecified atom stereocenters. The second-order valence-corrected chi connectivity index (χ2v) is 5.62. The summed E-state index contributed by atoms with van der Waals surface area (Å²) < 4.78 is 0. The summed E-state index contributed by atoms with van der Waals surface area (Å²) in [4.78, 5) is 2.35. The second-order valence-electron chi connectivity index (χ2n) is 5.62. The molecule has 102 valence electrons. The second kappa shape index (κ2) is 6.35. The van der Waals surface area contributed by atoms with E-state index < -0.39 is 0 Å². The molecule has 0 aliphatic rings. The number of nitrogens with zero attached hydrogens (tertiary/aromatic N) is 1. The molecule has 0 fully saturated rings. The molecular formula is C16H28N2. The van der Waals surface area contributed by atoms with Gasteiger partial charge in [0.2, 0.25) is 0 Å². The fourth-order valence-electron chi connectivity index (χ4n) is 2.67. The van der Waals surface area contributed by atoms with E-state index in [1.54, 1.807) is 0 Å². The molecule has 0 heterocycles. The molecular weight excluding hydrogens is 220 g/mol. The van der Waals surface area contributed by atoms with Crippen molar-refractivity contribution in [1.29, 1.82) is 0 Å². The van der Waals surface area contributed by atoms with Gasteiger partial charge in [0.25, 0.3) is 0 Å². The van der Waals surface area contributed by atoms with Crippen molar-refractivity contribution >= 4 is 0 Å². The maximum atomic E-state index is 6.40. The van der Waals surface area contributed by atoms with Crippen LogP contribution in [0.1, 0.15) is 48.6 Å². The highest BCUT2D eigenvalue weighted by Crippen LogP contribution is 2.23. The van der Waals surface area contributed by atoms with Crippen LogP contribution in [0.5, 0.6) is 0 Å². The average molecular weight is 248 g/mol. The third-order valence-electron chi connectivity index (χ3n) is 3.94. The Balaban J connectivity index is 2.88. The zero-order valence-corrected chi connectivity index (χ0v) is 12.7. The lowest BCUT2D eigenvalue weighted by Gasteiger charge is -2.28. The van der Waals surface area contributed by atoms with Crippen LogP contribution in [0.4, 0.5) is 0 Å². The van der Waals surface area contributed by atoms with Gasteiger partial charge in [0.05, 0.1) is 0 Å². The molecule has 0 aliphatic heterocycles. The molecule has 2 atom stereocenters. The summed E-state index contributed by atoms with van der Waals surface area (Å²) in [6, 6.07) is 5.14. The van der Waals surface area contributed by atoms with Gasteiger partial charge in [-0.15, -0.1) is 0 Å². The van der Waals surface area contributed by atoms with Gasteiger partial charge in [0.1, 0.15) is 0 Å². The predicted molar refractivity (Wildman–Crippen MR) is 80.0 cm³/mol. The summed E-state index contributed by atoms with van der Waals surface area (Å²) in [5, 5.41) is 0. The summed E-state index contributed by atoms with van der Waals surface area (Å²) >= 11 is 0. The number of rotatable bonds is 5. The Labute approximate surface area is 112 Å². The van der Waals surface area contributed by atoms with Gasteiger partial charge in [-0.25, -0.2) is 0 Å². The van der Waals surface area contributed by atoms with Crippen molar-refractivity contribution in [2.45, 2.75) is 53.1 Å². The van der Waals surface area contributed by atoms with E-state index in [1.807, 2.05) is 0 Å². The zero-order valence-electron chi connectivity index (χ0n) is 12.7. The zero-order chi connectivity index (χ0) is 13.9. The number of nitrogens with two attached hydrogens (primary N) is 1. The summed E-state index contributed by atoms with van der Waals surface area (Å²) in [7, 11) is 2.16. The largest absolute Gasteiger partial charge is 0.323 e. The number of aryl methyl sites for hydroxylation is 3. The first-order chi connectivity index (χ1) is 8.36. The third kappa shape index (κ3) is 3.56. The lowest BCUT2D eigenvalue weighted by atomic mass is 9.94. The van der Waals surface area contributed by atoms with Gasteiger partial charge in [0, 0.05) is 18.6 Å². The molecule has 2 heteroatoms. The van der Waals surface area contributed by atoms with Gasteiger partial charge in [-0.2, -0.15) is 0 Å². The quantitative estimate of drug-likeness (QED) is 0.866. The van der Waals surface area contributed by atoms with Crippen molar-refractivity contribution in [1.82, 2.24) is 4.90 Å². The molecule has 0 aromatic heterocycles. The fourth-order valence-corrected chi connectivity index (χ4v) is 2.67. The minimum atomic E-state index is 0.101. The molecule has 0 aliphatic carbocycles. The van der Waals surface area contributed by atoms with E-state index in [4.69, 9.17) is 5.73 Å². The first-order valence-electron chi connectivity index (χ1n) is 6.90. The van der Waals surface area contributed by atoms with Crippen LogP contribution in [-0.2, 0) is 0 Å². The van der Waals surface area contributed by atoms with E-state index in [9.17, 15) is 0 Å². The molecule has 1 aromatic carbocycles. The van der Waals surface area contributed by atoms with Crippen molar-refractivity contribution in [3.8, 4) is 0 Å². The number of hydrogen-bond acceptors (Lipinski definition) is 2. The molecule has 0 radical (unpaired) electrons. The van der Waals surface area contributed by atoms with Gasteiger partial charge in [-0.1, -0.05) is 24.6 Å². The number of benzene rings is 1. The van der Waals surface area contributed by atoms with Gasteiger partial charge < -0.3 is 10.6 Å². The van der Waals surface area contributed by atoms with Crippen molar-refractivity contribution < 1.29 is 0 Å². The molecule has 0 saturated carbocycles. The third-order valence-corrected chi connectivity index (χ3v) is 3.94. The smallest absolute Gasteiger partial charge is 0.0429 e. The molecule has 1 rings (SSSR count). The summed E-state index contributed by atoms with van der Waals surface area (Å²) in [6.07, 6.45) is 1.16. The molecule has 18 heavy (non-hydrogen) atoms. The first-order valence-corrected chi connectivity index (χ1v) is 6.90. The number of hydrogen-bond donors (Lipinski definition) is 1. The van der Waals surface area contributed by atoms with Crippen LogP contribution in [0.15, 0.2) is 12.1 Å². The van der Waals surface area contributed by atoms with E-state index in [2.05, 4.69) is 58.7 Å². The van der Waals surface area contributed by atoms with Crippen molar-refractivity contribution in [2.75, 3.05) is 13.6 Å². The van der Waals surface area contributed by atoms with Crippen LogP contribution in [0, 0.1) is 20.8 Å². The molecule has 0 amide bonds. The van der Waals surface area contributed by atoms with Crippen molar-refractivity contribution in [2.24, 2.45) is 5.73 Å². The van der Waals surface area contributed by atoms with Crippen LogP contribution < -0.4 is 5.73 Å². The molecule has 0 saturated heterocycles. The van der Waals surface area contributed by atoms with E-state index in [-0.39, 0.29) is 6.04 Å². The Morgan fingerprint density at radius 2 is 1.67 bits per heavy atom. The standard InChI is InChI=1S/C16H28N2/c1-7-14(5)18(6)10-15(17)16-12(3)8-11(2)9-13(16)4/h8-9,14-15H,7,10,17H2,1-6H3. The lowest BCUT2D eigenvalue weighted by molar-refractivity contribution is 0.237. The highest BCUT2D eigenvalue weighted by molar-refractivity contribution is 5.39. The first kappa shape index (κ1) is 15.2. The minimum Gasteiger partial charge on any atom is -0.323 e. The van der Waals surface area contributed by atoms with Crippen LogP contribution in [0.2, 0.25) is 0 Å². The maximum Gasteiger partial charge on any atom is 0.0429 e. The average Bonchev–Trinajstić information content (AvgIpc) is 2.26. The molecule has 0 bridgehead atoms. The van der Waals surface area contributed by atoms with E-state index in [0.29, 0.717) is 6.04 Å². The van der Waals surface area contributed by atoms with Gasteiger partial charge >= 0.3 is 0 Å². The van der Waals surface area contributed by atoms with Gasteiger partial charge in [-0.3, -0.25) is 0 Å². The highest BCUT2D eigenvalue weighted by Gasteiger charge is 2.16. The molecule has 2 N–H and O–H groups in total. The van der Waals surface area contributed by atoms with Crippen LogP contribution in [0.25, 0.3) is 0 Å². The van der Waals surface area contributed by atoms with Crippen molar-refractivity contribution in [3.05, 3.63) is 34.4 Å². The van der Waals surface area contributed by atoms with Crippen LogP contribution >= 0.6 is 0 Å². The normalized spacial score (nSPS) is 14.9. The Bertz CT molecular complexity index is 375. The van der Waals surface area contributed by atoms with Crippen molar-refractivity contribution in [3.63, 3.8) is 0 Å². The molecule has 1 aromatic rings. The topological polar surface area (TPSA) is 29.3 Å². The van der Waals surface area contributed by atoms with E-state index in [0.717, 1.165) is 13.0 Å². The SMILES string of the molecule is CCC(C)N(C)CC(N)c1c(C)cc(C)cc1C. The maximum absolute atomic E-state index is 6.40. The van der Waals surface area contributed by atoms with Gasteiger partial charge in [-0.05, 0) is 57.9 Å². The number of likely N-dealkylation sites (N-methyl/N-ethyl adjacent to an activating group) is 1. The monoisotopic (exact) mass is 248 g/mol. The Morgan fingerprint density at radius 1 is 1.17 bits per heavy atom. The fraction of sp³-hybridized carbons (Fsp3) is 0.625. The predicted octanol–water partition coefficient (Wildman–Crippen LogP) is 3.34. The van der Waals surface area contributed by atoms with E-state index in [1.165, 1.54) is 22.3 Å². The summed E-state index contributed by atoms with van der Waals surface area (Å²) in [6.45, 7) is 11.9. The van der Waals surface area contributed by atoms with Gasteiger partial charge in [0.15, 0.2) is 0 Å². The Hall–Kier alpha value is -0.860. The summed E-state index contributed by atoms with van der Waals surface area (Å²) in [5.41, 5.74) is 11.7. The Morgan fingerprint density at radius 3 is 2.11 bits per heavy atom. The Kier molecular flexibility index (Phi) is 5.36. The molecule has 0 spiro atoms. The van der Waals surface area contributed by atoms with Crippen LogP contribution in [-0.4, -0.2) is 24.5 Å².